The summed E-state index contributed by atoms with van der Waals surface area (Å²) in [6.45, 7) is 27.6. The van der Waals surface area contributed by atoms with Gasteiger partial charge >= 0.3 is 0 Å². The molecule has 0 aliphatic carbocycles. The van der Waals surface area contributed by atoms with Crippen LogP contribution in [0.2, 0.25) is 0 Å². The van der Waals surface area contributed by atoms with Gasteiger partial charge in [-0.25, -0.2) is 0 Å². The standard InChI is InChI=1S/C18H31NO.C14H22O/c1-17(2,3)14-10-9-11-15(18(4,5)6)16(14)20-13-8-7-12-19;1-13(2,3)10-8-7-9-11(12(10)15)14(4,5)6/h9-11H,7-8,12-13,19H2,1-6H3;7-9,15H,1-6H3. The maximum Gasteiger partial charge on any atom is 0.126 e. The molecule has 0 atom stereocenters. The highest BCUT2D eigenvalue weighted by atomic mass is 16.5. The maximum absolute atomic E-state index is 10.3. The number of hydrogen-bond acceptors (Lipinski definition) is 3. The largest absolute Gasteiger partial charge is 0.507 e. The Labute approximate surface area is 216 Å². The van der Waals surface area contributed by atoms with Crippen LogP contribution in [-0.4, -0.2) is 18.3 Å². The first kappa shape index (κ1) is 31.0. The zero-order valence-electron chi connectivity index (χ0n) is 24.7. The van der Waals surface area contributed by atoms with Gasteiger partial charge < -0.3 is 15.6 Å². The number of hydrogen-bond donors (Lipinski definition) is 2. The van der Waals surface area contributed by atoms with E-state index in [1.165, 1.54) is 11.1 Å². The summed E-state index contributed by atoms with van der Waals surface area (Å²) in [6, 6.07) is 12.6. The Kier molecular flexibility index (Phi) is 10.5. The molecule has 3 N–H and O–H groups in total. The van der Waals surface area contributed by atoms with Gasteiger partial charge in [0.05, 0.1) is 6.61 Å². The smallest absolute Gasteiger partial charge is 0.126 e. The van der Waals surface area contributed by atoms with Crippen LogP contribution in [0, 0.1) is 0 Å². The summed E-state index contributed by atoms with van der Waals surface area (Å²) in [6.07, 6.45) is 2.03. The second kappa shape index (κ2) is 11.8. The molecule has 0 spiro atoms. The lowest BCUT2D eigenvalue weighted by molar-refractivity contribution is 0.291. The van der Waals surface area contributed by atoms with E-state index in [0.717, 1.165) is 42.9 Å². The van der Waals surface area contributed by atoms with E-state index in [9.17, 15) is 5.11 Å². The van der Waals surface area contributed by atoms with E-state index < -0.39 is 0 Å². The minimum atomic E-state index is -0.00859. The molecule has 2 rings (SSSR count). The summed E-state index contributed by atoms with van der Waals surface area (Å²) in [7, 11) is 0. The Morgan fingerprint density at radius 2 is 0.943 bits per heavy atom. The van der Waals surface area contributed by atoms with Crippen LogP contribution in [0.15, 0.2) is 36.4 Å². The predicted molar refractivity (Wildman–Crippen MR) is 153 cm³/mol. The molecule has 0 radical (unpaired) electrons. The minimum absolute atomic E-state index is 0.00859. The van der Waals surface area contributed by atoms with E-state index >= 15 is 0 Å². The van der Waals surface area contributed by atoms with Crippen molar-refractivity contribution in [3.8, 4) is 11.5 Å². The van der Waals surface area contributed by atoms with Gasteiger partial charge in [-0.3, -0.25) is 0 Å². The Morgan fingerprint density at radius 1 is 0.600 bits per heavy atom. The molecule has 0 unspecified atom stereocenters. The first-order valence-corrected chi connectivity index (χ1v) is 13.1. The molecule has 0 aromatic heterocycles. The van der Waals surface area contributed by atoms with Crippen molar-refractivity contribution >= 4 is 0 Å². The van der Waals surface area contributed by atoms with Crippen LogP contribution >= 0.6 is 0 Å². The topological polar surface area (TPSA) is 55.5 Å². The fourth-order valence-corrected chi connectivity index (χ4v) is 4.05. The average Bonchev–Trinajstić information content (AvgIpc) is 2.68. The first-order valence-electron chi connectivity index (χ1n) is 13.1. The van der Waals surface area contributed by atoms with Gasteiger partial charge in [0.1, 0.15) is 11.5 Å². The Morgan fingerprint density at radius 3 is 1.26 bits per heavy atom. The molecule has 0 bridgehead atoms. The SMILES string of the molecule is CC(C)(C)c1cccc(C(C)(C)C)c1O.CC(C)(C)c1cccc(C(C)(C)C)c1OCCCCN. The molecule has 198 valence electrons. The number of rotatable bonds is 5. The molecule has 0 saturated heterocycles. The quantitative estimate of drug-likeness (QED) is 0.420. The minimum Gasteiger partial charge on any atom is -0.507 e. The third-order valence-corrected chi connectivity index (χ3v) is 6.13. The van der Waals surface area contributed by atoms with E-state index in [-0.39, 0.29) is 21.7 Å². The molecule has 2 aromatic carbocycles. The Bertz CT molecular complexity index is 867. The highest BCUT2D eigenvalue weighted by Gasteiger charge is 2.27. The van der Waals surface area contributed by atoms with Crippen LogP contribution in [-0.2, 0) is 21.7 Å². The molecule has 3 heteroatoms. The van der Waals surface area contributed by atoms with E-state index in [1.54, 1.807) is 0 Å². The molecule has 0 aliphatic heterocycles. The van der Waals surface area contributed by atoms with Gasteiger partial charge in [-0.15, -0.1) is 0 Å². The molecule has 0 amide bonds. The van der Waals surface area contributed by atoms with Crippen molar-refractivity contribution in [2.45, 2.75) is 118 Å². The fraction of sp³-hybridized carbons (Fsp3) is 0.625. The summed E-state index contributed by atoms with van der Waals surface area (Å²) in [5.74, 6) is 1.53. The second-order valence-electron chi connectivity index (χ2n) is 13.7. The van der Waals surface area contributed by atoms with Crippen LogP contribution in [0.4, 0.5) is 0 Å². The van der Waals surface area contributed by atoms with Crippen molar-refractivity contribution in [3.63, 3.8) is 0 Å². The van der Waals surface area contributed by atoms with Crippen molar-refractivity contribution in [3.05, 3.63) is 58.7 Å². The molecule has 0 aliphatic rings. The zero-order chi connectivity index (χ0) is 27.2. The maximum atomic E-state index is 10.3. The summed E-state index contributed by atoms with van der Waals surface area (Å²) in [5, 5.41) is 10.3. The molecule has 35 heavy (non-hydrogen) atoms. The molecular weight excluding hydrogens is 430 g/mol. The highest BCUT2D eigenvalue weighted by molar-refractivity contribution is 5.48. The van der Waals surface area contributed by atoms with Gasteiger partial charge in [-0.1, -0.05) is 119 Å². The molecular formula is C32H53NO2. The second-order valence-corrected chi connectivity index (χ2v) is 13.7. The van der Waals surface area contributed by atoms with Gasteiger partial charge in [-0.2, -0.15) is 0 Å². The summed E-state index contributed by atoms with van der Waals surface area (Å²) < 4.78 is 6.17. The van der Waals surface area contributed by atoms with Gasteiger partial charge in [0.15, 0.2) is 0 Å². The number of nitrogens with two attached hydrogens (primary N) is 1. The average molecular weight is 484 g/mol. The molecule has 0 fully saturated rings. The number of phenols is 1. The number of unbranched alkanes of at least 4 members (excludes halogenated alkanes) is 1. The molecule has 2 aromatic rings. The number of benzene rings is 2. The van der Waals surface area contributed by atoms with E-state index in [1.807, 2.05) is 18.2 Å². The normalized spacial score (nSPS) is 12.7. The van der Waals surface area contributed by atoms with Crippen LogP contribution in [0.25, 0.3) is 0 Å². The fourth-order valence-electron chi connectivity index (χ4n) is 4.05. The zero-order valence-corrected chi connectivity index (χ0v) is 24.7. The van der Waals surface area contributed by atoms with Crippen molar-refractivity contribution in [1.29, 1.82) is 0 Å². The van der Waals surface area contributed by atoms with Crippen LogP contribution < -0.4 is 10.5 Å². The number of aromatic hydroxyl groups is 1. The van der Waals surface area contributed by atoms with E-state index in [0.29, 0.717) is 5.75 Å². The number of ether oxygens (including phenoxy) is 1. The van der Waals surface area contributed by atoms with Crippen molar-refractivity contribution in [2.24, 2.45) is 5.73 Å². The molecule has 0 saturated carbocycles. The predicted octanol–water partition coefficient (Wildman–Crippen LogP) is 8.39. The summed E-state index contributed by atoms with van der Waals surface area (Å²) in [4.78, 5) is 0. The Balaban J connectivity index is 0.000000365. The van der Waals surface area contributed by atoms with Crippen molar-refractivity contribution < 1.29 is 9.84 Å². The van der Waals surface area contributed by atoms with Crippen LogP contribution in [0.3, 0.4) is 0 Å². The van der Waals surface area contributed by atoms with Crippen molar-refractivity contribution in [1.82, 2.24) is 0 Å². The Hall–Kier alpha value is -2.00. The highest BCUT2D eigenvalue weighted by Crippen LogP contribution is 2.40. The third kappa shape index (κ3) is 9.18. The van der Waals surface area contributed by atoms with Gasteiger partial charge in [0, 0.05) is 0 Å². The third-order valence-electron chi connectivity index (χ3n) is 6.13. The lowest BCUT2D eigenvalue weighted by atomic mass is 9.79. The van der Waals surface area contributed by atoms with Gasteiger partial charge in [0.25, 0.3) is 0 Å². The van der Waals surface area contributed by atoms with Gasteiger partial charge in [0.2, 0.25) is 0 Å². The lowest BCUT2D eigenvalue weighted by Gasteiger charge is -2.29. The summed E-state index contributed by atoms with van der Waals surface area (Å²) >= 11 is 0. The number of phenolic OH excluding ortho intramolecular Hbond substituents is 1. The first-order chi connectivity index (χ1) is 15.8. The molecule has 3 nitrogen and oxygen atoms in total. The van der Waals surface area contributed by atoms with Crippen LogP contribution in [0.1, 0.15) is 118 Å². The monoisotopic (exact) mass is 483 g/mol. The molecule has 0 heterocycles. The van der Waals surface area contributed by atoms with Crippen molar-refractivity contribution in [2.75, 3.05) is 13.2 Å². The lowest BCUT2D eigenvalue weighted by Crippen LogP contribution is -2.20. The number of para-hydroxylation sites is 2. The van der Waals surface area contributed by atoms with Gasteiger partial charge in [-0.05, 0) is 63.3 Å². The van der Waals surface area contributed by atoms with Crippen LogP contribution in [0.5, 0.6) is 11.5 Å². The van der Waals surface area contributed by atoms with E-state index in [4.69, 9.17) is 10.5 Å². The van der Waals surface area contributed by atoms with E-state index in [2.05, 4.69) is 101 Å². The summed E-state index contributed by atoms with van der Waals surface area (Å²) in [5.41, 5.74) is 10.3.